The van der Waals surface area contributed by atoms with Gasteiger partial charge in [-0.2, -0.15) is 0 Å². The Morgan fingerprint density at radius 1 is 1.12 bits per heavy atom. The second kappa shape index (κ2) is 9.00. The SMILES string of the molecule is C=CCCc1ccccc1.NC1CCCCC1. The number of allylic oxidation sites excluding steroid dienone is 1. The first-order valence-corrected chi connectivity index (χ1v) is 6.73. The smallest absolute Gasteiger partial charge is 0.00388 e. The molecule has 1 aromatic carbocycles. The van der Waals surface area contributed by atoms with Gasteiger partial charge < -0.3 is 5.73 Å². The van der Waals surface area contributed by atoms with Gasteiger partial charge in [-0.05, 0) is 31.2 Å². The molecule has 0 unspecified atom stereocenters. The van der Waals surface area contributed by atoms with E-state index in [-0.39, 0.29) is 0 Å². The first-order chi connectivity index (χ1) is 8.33. The van der Waals surface area contributed by atoms with Gasteiger partial charge >= 0.3 is 0 Å². The standard InChI is InChI=1S/C10H12.C6H13N/c1-2-3-7-10-8-5-4-6-9-10;7-6-4-2-1-3-5-6/h2,4-6,8-9H,1,3,7H2;6H,1-5,7H2. The Balaban J connectivity index is 0.000000181. The largest absolute Gasteiger partial charge is 0.328 e. The van der Waals surface area contributed by atoms with Gasteiger partial charge in [-0.15, -0.1) is 6.58 Å². The van der Waals surface area contributed by atoms with Gasteiger partial charge in [-0.3, -0.25) is 0 Å². The van der Waals surface area contributed by atoms with Gasteiger partial charge in [0.15, 0.2) is 0 Å². The Bertz CT molecular complexity index is 286. The monoisotopic (exact) mass is 231 g/mol. The number of nitrogens with two attached hydrogens (primary N) is 1. The molecule has 2 rings (SSSR count). The number of benzene rings is 1. The maximum atomic E-state index is 5.63. The van der Waals surface area contributed by atoms with Crippen LogP contribution >= 0.6 is 0 Å². The second-order valence-corrected chi connectivity index (χ2v) is 4.71. The minimum atomic E-state index is 0.536. The lowest BCUT2D eigenvalue weighted by molar-refractivity contribution is 0.441. The van der Waals surface area contributed by atoms with Crippen molar-refractivity contribution in [1.82, 2.24) is 0 Å². The average molecular weight is 231 g/mol. The van der Waals surface area contributed by atoms with Crippen molar-refractivity contribution < 1.29 is 0 Å². The second-order valence-electron chi connectivity index (χ2n) is 4.71. The first-order valence-electron chi connectivity index (χ1n) is 6.73. The maximum absolute atomic E-state index is 5.63. The summed E-state index contributed by atoms with van der Waals surface area (Å²) in [5.41, 5.74) is 7.03. The van der Waals surface area contributed by atoms with E-state index in [9.17, 15) is 0 Å². The summed E-state index contributed by atoms with van der Waals surface area (Å²) in [6, 6.07) is 11.0. The summed E-state index contributed by atoms with van der Waals surface area (Å²) in [5, 5.41) is 0. The van der Waals surface area contributed by atoms with Crippen LogP contribution in [0.15, 0.2) is 43.0 Å². The number of aryl methyl sites for hydroxylation is 1. The Morgan fingerprint density at radius 2 is 1.76 bits per heavy atom. The predicted molar refractivity (Wildman–Crippen MR) is 76.0 cm³/mol. The van der Waals surface area contributed by atoms with Gasteiger partial charge in [0.05, 0.1) is 0 Å². The lowest BCUT2D eigenvalue weighted by atomic mass is 9.97. The van der Waals surface area contributed by atoms with E-state index in [1.54, 1.807) is 0 Å². The number of hydrogen-bond acceptors (Lipinski definition) is 1. The van der Waals surface area contributed by atoms with Crippen molar-refractivity contribution in [2.75, 3.05) is 0 Å². The molecule has 1 aromatic rings. The first kappa shape index (κ1) is 14.0. The highest BCUT2D eigenvalue weighted by atomic mass is 14.6. The van der Waals surface area contributed by atoms with E-state index in [0.29, 0.717) is 6.04 Å². The molecule has 1 aliphatic carbocycles. The topological polar surface area (TPSA) is 26.0 Å². The molecule has 1 fully saturated rings. The Hall–Kier alpha value is -1.08. The van der Waals surface area contributed by atoms with Gasteiger partial charge in [0.2, 0.25) is 0 Å². The van der Waals surface area contributed by atoms with Crippen LogP contribution in [0.1, 0.15) is 44.1 Å². The van der Waals surface area contributed by atoms with Crippen molar-refractivity contribution in [2.24, 2.45) is 5.73 Å². The summed E-state index contributed by atoms with van der Waals surface area (Å²) in [6.45, 7) is 3.68. The quantitative estimate of drug-likeness (QED) is 0.779. The van der Waals surface area contributed by atoms with Crippen molar-refractivity contribution in [2.45, 2.75) is 51.0 Å². The zero-order valence-electron chi connectivity index (χ0n) is 10.8. The van der Waals surface area contributed by atoms with Crippen molar-refractivity contribution in [3.63, 3.8) is 0 Å². The highest BCUT2D eigenvalue weighted by Crippen LogP contribution is 2.14. The van der Waals surface area contributed by atoms with Gasteiger partial charge in [-0.1, -0.05) is 55.7 Å². The molecule has 0 aliphatic heterocycles. The van der Waals surface area contributed by atoms with E-state index in [4.69, 9.17) is 5.73 Å². The number of hydrogen-bond donors (Lipinski definition) is 1. The van der Waals surface area contributed by atoms with Crippen LogP contribution in [0.2, 0.25) is 0 Å². The fourth-order valence-corrected chi connectivity index (χ4v) is 2.05. The molecule has 0 heterocycles. The lowest BCUT2D eigenvalue weighted by Crippen LogP contribution is -2.22. The van der Waals surface area contributed by atoms with Crippen LogP contribution in [0.3, 0.4) is 0 Å². The van der Waals surface area contributed by atoms with Crippen LogP contribution in [0, 0.1) is 0 Å². The van der Waals surface area contributed by atoms with Crippen LogP contribution in [-0.4, -0.2) is 6.04 Å². The van der Waals surface area contributed by atoms with Crippen LogP contribution in [0.5, 0.6) is 0 Å². The molecule has 1 heteroatoms. The zero-order valence-corrected chi connectivity index (χ0v) is 10.8. The van der Waals surface area contributed by atoms with Crippen molar-refractivity contribution in [1.29, 1.82) is 0 Å². The van der Waals surface area contributed by atoms with E-state index in [2.05, 4.69) is 30.8 Å². The zero-order chi connectivity index (χ0) is 12.3. The van der Waals surface area contributed by atoms with Crippen LogP contribution in [0.4, 0.5) is 0 Å². The minimum absolute atomic E-state index is 0.536. The van der Waals surface area contributed by atoms with Crippen molar-refractivity contribution in [3.8, 4) is 0 Å². The van der Waals surface area contributed by atoms with Gasteiger partial charge in [0.25, 0.3) is 0 Å². The fourth-order valence-electron chi connectivity index (χ4n) is 2.05. The van der Waals surface area contributed by atoms with Gasteiger partial charge in [-0.25, -0.2) is 0 Å². The highest BCUT2D eigenvalue weighted by Gasteiger charge is 2.06. The Morgan fingerprint density at radius 3 is 2.24 bits per heavy atom. The molecule has 0 aromatic heterocycles. The van der Waals surface area contributed by atoms with Crippen LogP contribution in [-0.2, 0) is 6.42 Å². The maximum Gasteiger partial charge on any atom is 0.00388 e. The molecule has 1 aliphatic rings. The normalized spacial score (nSPS) is 15.8. The molecule has 0 saturated heterocycles. The third-order valence-electron chi connectivity index (χ3n) is 3.13. The minimum Gasteiger partial charge on any atom is -0.328 e. The molecule has 2 N–H and O–H groups in total. The van der Waals surface area contributed by atoms with E-state index in [1.807, 2.05) is 12.1 Å². The molecule has 0 radical (unpaired) electrons. The third-order valence-corrected chi connectivity index (χ3v) is 3.13. The fraction of sp³-hybridized carbons (Fsp3) is 0.500. The lowest BCUT2D eigenvalue weighted by Gasteiger charge is -2.15. The predicted octanol–water partition coefficient (Wildman–Crippen LogP) is 4.08. The summed E-state index contributed by atoms with van der Waals surface area (Å²) >= 11 is 0. The molecule has 0 amide bonds. The van der Waals surface area contributed by atoms with Crippen molar-refractivity contribution in [3.05, 3.63) is 48.6 Å². The van der Waals surface area contributed by atoms with E-state index < -0.39 is 0 Å². The van der Waals surface area contributed by atoms with Crippen LogP contribution < -0.4 is 5.73 Å². The summed E-state index contributed by atoms with van der Waals surface area (Å²) in [4.78, 5) is 0. The van der Waals surface area contributed by atoms with Crippen molar-refractivity contribution >= 4 is 0 Å². The molecule has 1 saturated carbocycles. The van der Waals surface area contributed by atoms with Gasteiger partial charge in [0, 0.05) is 6.04 Å². The average Bonchev–Trinajstić information content (AvgIpc) is 2.39. The third kappa shape index (κ3) is 6.96. The van der Waals surface area contributed by atoms with Crippen LogP contribution in [0.25, 0.3) is 0 Å². The summed E-state index contributed by atoms with van der Waals surface area (Å²) in [6.07, 6.45) is 10.8. The van der Waals surface area contributed by atoms with E-state index in [0.717, 1.165) is 12.8 Å². The van der Waals surface area contributed by atoms with E-state index >= 15 is 0 Å². The molecule has 0 spiro atoms. The molecular weight excluding hydrogens is 206 g/mol. The number of rotatable bonds is 3. The van der Waals surface area contributed by atoms with E-state index in [1.165, 1.54) is 37.7 Å². The highest BCUT2D eigenvalue weighted by molar-refractivity contribution is 5.14. The summed E-state index contributed by atoms with van der Waals surface area (Å²) in [7, 11) is 0. The molecule has 1 nitrogen and oxygen atoms in total. The molecule has 0 bridgehead atoms. The summed E-state index contributed by atoms with van der Waals surface area (Å²) < 4.78 is 0. The molecule has 17 heavy (non-hydrogen) atoms. The molecule has 94 valence electrons. The molecule has 0 atom stereocenters. The molecular formula is C16H25N. The van der Waals surface area contributed by atoms with Gasteiger partial charge in [0.1, 0.15) is 0 Å². The summed E-state index contributed by atoms with van der Waals surface area (Å²) in [5.74, 6) is 0. The Kier molecular flexibility index (Phi) is 7.40. The Labute approximate surface area is 106 Å².